The maximum absolute atomic E-state index is 12.6. The molecule has 1 N–H and O–H groups in total. The average molecular weight is 368 g/mol. The highest BCUT2D eigenvalue weighted by Crippen LogP contribution is 2.36. The largest absolute Gasteiger partial charge is 0.454 e. The first-order valence-corrected chi connectivity index (χ1v) is 8.87. The number of carbonyl (C=O) groups is 2. The molecule has 2 aromatic rings. The fraction of sp³-hybridized carbons (Fsp3) is 0.158. The van der Waals surface area contributed by atoms with Crippen LogP contribution in [0.4, 0.5) is 10.5 Å². The number of ether oxygens (including phenoxy) is 2. The highest BCUT2D eigenvalue weighted by atomic mass is 32.2. The lowest BCUT2D eigenvalue weighted by atomic mass is 10.2. The molecule has 1 saturated heterocycles. The van der Waals surface area contributed by atoms with E-state index in [1.807, 2.05) is 37.3 Å². The van der Waals surface area contributed by atoms with Crippen molar-refractivity contribution in [2.75, 3.05) is 18.8 Å². The predicted octanol–water partition coefficient (Wildman–Crippen LogP) is 3.83. The molecule has 1 fully saturated rings. The summed E-state index contributed by atoms with van der Waals surface area (Å²) in [7, 11) is 0. The van der Waals surface area contributed by atoms with Crippen LogP contribution < -0.4 is 14.8 Å². The van der Waals surface area contributed by atoms with Crippen molar-refractivity contribution >= 4 is 34.7 Å². The monoisotopic (exact) mass is 368 g/mol. The average Bonchev–Trinajstić information content (AvgIpc) is 3.18. The number of aryl methyl sites for hydroxylation is 1. The normalized spacial score (nSPS) is 17.3. The zero-order valence-corrected chi connectivity index (χ0v) is 14.8. The first-order valence-electron chi connectivity index (χ1n) is 8.06. The van der Waals surface area contributed by atoms with E-state index in [0.717, 1.165) is 28.6 Å². The number of hydrogen-bond acceptors (Lipinski definition) is 6. The third kappa shape index (κ3) is 3.25. The van der Waals surface area contributed by atoms with Gasteiger partial charge in [-0.05, 0) is 60.2 Å². The van der Waals surface area contributed by atoms with Gasteiger partial charge in [-0.15, -0.1) is 0 Å². The summed E-state index contributed by atoms with van der Waals surface area (Å²) < 4.78 is 10.6. The molecule has 0 bridgehead atoms. The Bertz CT molecular complexity index is 926. The highest BCUT2D eigenvalue weighted by Gasteiger charge is 2.34. The van der Waals surface area contributed by atoms with Gasteiger partial charge >= 0.3 is 0 Å². The zero-order chi connectivity index (χ0) is 18.1. The molecule has 2 aliphatic heterocycles. The van der Waals surface area contributed by atoms with Crippen molar-refractivity contribution < 1.29 is 19.1 Å². The van der Waals surface area contributed by atoms with Crippen LogP contribution >= 0.6 is 11.8 Å². The van der Waals surface area contributed by atoms with Crippen molar-refractivity contribution in [3.63, 3.8) is 0 Å². The molecular formula is C19H16N2O4S. The molecule has 6 nitrogen and oxygen atoms in total. The van der Waals surface area contributed by atoms with Gasteiger partial charge in [-0.25, -0.2) is 0 Å². The van der Waals surface area contributed by atoms with Gasteiger partial charge in [0, 0.05) is 5.69 Å². The second-order valence-corrected chi connectivity index (χ2v) is 6.92. The molecule has 2 aliphatic rings. The number of imide groups is 1. The van der Waals surface area contributed by atoms with E-state index in [1.54, 1.807) is 18.2 Å². The minimum atomic E-state index is -0.308. The number of nitrogens with one attached hydrogen (secondary N) is 1. The highest BCUT2D eigenvalue weighted by molar-refractivity contribution is 8.18. The van der Waals surface area contributed by atoms with E-state index < -0.39 is 0 Å². The maximum atomic E-state index is 12.6. The van der Waals surface area contributed by atoms with Crippen LogP contribution in [0.3, 0.4) is 0 Å². The molecule has 0 unspecified atom stereocenters. The molecule has 26 heavy (non-hydrogen) atoms. The number of thioether (sulfide) groups is 1. The Hall–Kier alpha value is -2.93. The number of hydrogen-bond donors (Lipinski definition) is 1. The van der Waals surface area contributed by atoms with Gasteiger partial charge in [0.1, 0.15) is 0 Å². The van der Waals surface area contributed by atoms with Gasteiger partial charge in [0.05, 0.1) is 11.6 Å². The van der Waals surface area contributed by atoms with Crippen LogP contribution in [0.2, 0.25) is 0 Å². The quantitative estimate of drug-likeness (QED) is 0.828. The fourth-order valence-electron chi connectivity index (χ4n) is 2.72. The summed E-state index contributed by atoms with van der Waals surface area (Å²) in [5.74, 6) is 1.01. The molecule has 132 valence electrons. The molecular weight excluding hydrogens is 352 g/mol. The van der Waals surface area contributed by atoms with Crippen molar-refractivity contribution in [3.05, 3.63) is 58.5 Å². The van der Waals surface area contributed by atoms with E-state index in [9.17, 15) is 9.59 Å². The molecule has 0 spiro atoms. The van der Waals surface area contributed by atoms with Crippen LogP contribution in [-0.4, -0.2) is 29.5 Å². The van der Waals surface area contributed by atoms with Crippen LogP contribution in [0.1, 0.15) is 11.1 Å². The summed E-state index contributed by atoms with van der Waals surface area (Å²) in [5, 5.41) is 2.82. The van der Waals surface area contributed by atoms with E-state index in [-0.39, 0.29) is 24.6 Å². The smallest absolute Gasteiger partial charge is 0.295 e. The Morgan fingerprint density at radius 1 is 1.15 bits per heavy atom. The third-order valence-corrected chi connectivity index (χ3v) is 4.93. The number of fused-ring (bicyclic) bond motifs is 1. The van der Waals surface area contributed by atoms with Gasteiger partial charge in [-0.3, -0.25) is 14.5 Å². The van der Waals surface area contributed by atoms with E-state index in [0.29, 0.717) is 16.4 Å². The Morgan fingerprint density at radius 2 is 2.00 bits per heavy atom. The molecule has 2 amide bonds. The minimum Gasteiger partial charge on any atom is -0.454 e. The molecule has 0 radical (unpaired) electrons. The summed E-state index contributed by atoms with van der Waals surface area (Å²) in [4.78, 5) is 26.4. The molecule has 0 saturated carbocycles. The van der Waals surface area contributed by atoms with Crippen molar-refractivity contribution in [1.82, 2.24) is 4.90 Å². The summed E-state index contributed by atoms with van der Waals surface area (Å²) in [6.07, 6.45) is 1.69. The van der Waals surface area contributed by atoms with E-state index >= 15 is 0 Å². The lowest BCUT2D eigenvalue weighted by Gasteiger charge is -2.14. The minimum absolute atomic E-state index is 0.132. The first kappa shape index (κ1) is 16.5. The van der Waals surface area contributed by atoms with Crippen molar-refractivity contribution in [2.24, 2.45) is 0 Å². The van der Waals surface area contributed by atoms with Crippen LogP contribution in [-0.2, 0) is 4.79 Å². The SMILES string of the molecule is Cc1cccc(NCN2C(=O)S/C(=C/c3ccc4c(c3)OCO4)C2=O)c1. The summed E-state index contributed by atoms with van der Waals surface area (Å²) in [5.41, 5.74) is 2.75. The number of anilines is 1. The first-order chi connectivity index (χ1) is 12.6. The number of amides is 2. The molecule has 2 aromatic carbocycles. The molecule has 2 heterocycles. The van der Waals surface area contributed by atoms with Gasteiger partial charge in [0.15, 0.2) is 11.5 Å². The third-order valence-electron chi connectivity index (χ3n) is 4.03. The standard InChI is InChI=1S/C19H16N2O4S/c1-12-3-2-4-14(7-12)20-10-21-18(22)17(26-19(21)23)9-13-5-6-15-16(8-13)25-11-24-15/h2-9,20H,10-11H2,1H3/b17-9+. The molecule has 4 rings (SSSR count). The van der Waals surface area contributed by atoms with Gasteiger partial charge < -0.3 is 14.8 Å². The lowest BCUT2D eigenvalue weighted by molar-refractivity contribution is -0.122. The van der Waals surface area contributed by atoms with Crippen molar-refractivity contribution in [3.8, 4) is 11.5 Å². The summed E-state index contributed by atoms with van der Waals surface area (Å²) >= 11 is 0.935. The van der Waals surface area contributed by atoms with Crippen LogP contribution in [0.15, 0.2) is 47.4 Å². The molecule has 0 aliphatic carbocycles. The lowest BCUT2D eigenvalue weighted by Crippen LogP contribution is -2.33. The van der Waals surface area contributed by atoms with Gasteiger partial charge in [-0.2, -0.15) is 0 Å². The Labute approximate surface area is 154 Å². The number of benzene rings is 2. The Balaban J connectivity index is 1.48. The maximum Gasteiger partial charge on any atom is 0.295 e. The predicted molar refractivity (Wildman–Crippen MR) is 100 cm³/mol. The van der Waals surface area contributed by atoms with Crippen LogP contribution in [0.25, 0.3) is 6.08 Å². The van der Waals surface area contributed by atoms with Crippen molar-refractivity contribution in [2.45, 2.75) is 6.92 Å². The van der Waals surface area contributed by atoms with E-state index in [4.69, 9.17) is 9.47 Å². The van der Waals surface area contributed by atoms with E-state index in [2.05, 4.69) is 5.32 Å². The second-order valence-electron chi connectivity index (χ2n) is 5.93. The fourth-order valence-corrected chi connectivity index (χ4v) is 3.55. The van der Waals surface area contributed by atoms with E-state index in [1.165, 1.54) is 4.90 Å². The van der Waals surface area contributed by atoms with Crippen LogP contribution in [0.5, 0.6) is 11.5 Å². The molecule has 0 atom stereocenters. The zero-order valence-electron chi connectivity index (χ0n) is 14.0. The number of nitrogens with zero attached hydrogens (tertiary/aromatic N) is 1. The second kappa shape index (κ2) is 6.76. The van der Waals surface area contributed by atoms with Gasteiger partial charge in [0.2, 0.25) is 6.79 Å². The topological polar surface area (TPSA) is 67.9 Å². The summed E-state index contributed by atoms with van der Waals surface area (Å²) in [6, 6.07) is 13.2. The van der Waals surface area contributed by atoms with Gasteiger partial charge in [-0.1, -0.05) is 18.2 Å². The molecule has 7 heteroatoms. The summed E-state index contributed by atoms with van der Waals surface area (Å²) in [6.45, 7) is 2.31. The number of rotatable bonds is 4. The van der Waals surface area contributed by atoms with Crippen LogP contribution in [0, 0.1) is 6.92 Å². The van der Waals surface area contributed by atoms with Crippen molar-refractivity contribution in [1.29, 1.82) is 0 Å². The Kier molecular flexibility index (Phi) is 4.30. The van der Waals surface area contributed by atoms with Gasteiger partial charge in [0.25, 0.3) is 11.1 Å². The Morgan fingerprint density at radius 3 is 2.85 bits per heavy atom. The number of carbonyl (C=O) groups excluding carboxylic acids is 2. The molecule has 0 aromatic heterocycles.